The molecule has 0 bridgehead atoms. The lowest BCUT2D eigenvalue weighted by molar-refractivity contribution is -0.138. The van der Waals surface area contributed by atoms with Gasteiger partial charge >= 0.3 is 12.0 Å². The summed E-state index contributed by atoms with van der Waals surface area (Å²) in [5.41, 5.74) is 0. The number of aliphatic carboxylic acids is 1. The van der Waals surface area contributed by atoms with Gasteiger partial charge in [-0.1, -0.05) is 20.8 Å². The van der Waals surface area contributed by atoms with E-state index in [-0.39, 0.29) is 24.7 Å². The van der Waals surface area contributed by atoms with Crippen molar-refractivity contribution in [3.8, 4) is 0 Å². The number of nitrogens with one attached hydrogen (secondary N) is 1. The SMILES string of the molecule is CCC(C)N(CC(=O)O)C(=O)NC1CCC(C)C(C)C1. The van der Waals surface area contributed by atoms with E-state index in [9.17, 15) is 9.59 Å². The molecule has 4 atom stereocenters. The Bertz CT molecular complexity index is 346. The Morgan fingerprint density at radius 1 is 1.30 bits per heavy atom. The molecule has 5 nitrogen and oxygen atoms in total. The van der Waals surface area contributed by atoms with Crippen LogP contribution in [0.1, 0.15) is 53.4 Å². The maximum Gasteiger partial charge on any atom is 0.323 e. The smallest absolute Gasteiger partial charge is 0.323 e. The monoisotopic (exact) mass is 284 g/mol. The van der Waals surface area contributed by atoms with Crippen LogP contribution in [0.25, 0.3) is 0 Å². The fraction of sp³-hybridized carbons (Fsp3) is 0.867. The highest BCUT2D eigenvalue weighted by atomic mass is 16.4. The number of hydrogen-bond acceptors (Lipinski definition) is 2. The predicted molar refractivity (Wildman–Crippen MR) is 78.6 cm³/mol. The quantitative estimate of drug-likeness (QED) is 0.815. The van der Waals surface area contributed by atoms with Gasteiger partial charge in [0.2, 0.25) is 0 Å². The summed E-state index contributed by atoms with van der Waals surface area (Å²) in [6.45, 7) is 8.07. The van der Waals surface area contributed by atoms with E-state index in [0.717, 1.165) is 25.7 Å². The minimum Gasteiger partial charge on any atom is -0.480 e. The first kappa shape index (κ1) is 16.8. The number of carbonyl (C=O) groups excluding carboxylic acids is 1. The van der Waals surface area contributed by atoms with Crippen molar-refractivity contribution in [1.82, 2.24) is 10.2 Å². The lowest BCUT2D eigenvalue weighted by Gasteiger charge is -2.35. The van der Waals surface area contributed by atoms with Gasteiger partial charge in [0.15, 0.2) is 0 Å². The highest BCUT2D eigenvalue weighted by molar-refractivity contribution is 5.80. The lowest BCUT2D eigenvalue weighted by atomic mass is 9.79. The summed E-state index contributed by atoms with van der Waals surface area (Å²) >= 11 is 0. The fourth-order valence-electron chi connectivity index (χ4n) is 2.73. The first-order chi connectivity index (χ1) is 9.35. The number of amides is 2. The zero-order chi connectivity index (χ0) is 15.3. The van der Waals surface area contributed by atoms with Gasteiger partial charge in [0.25, 0.3) is 0 Å². The van der Waals surface area contributed by atoms with Crippen molar-refractivity contribution in [3.05, 3.63) is 0 Å². The van der Waals surface area contributed by atoms with Crippen molar-refractivity contribution in [2.24, 2.45) is 11.8 Å². The summed E-state index contributed by atoms with van der Waals surface area (Å²) in [7, 11) is 0. The van der Waals surface area contributed by atoms with E-state index in [1.54, 1.807) is 0 Å². The Labute approximate surface area is 121 Å². The van der Waals surface area contributed by atoms with Crippen LogP contribution in [-0.2, 0) is 4.79 Å². The standard InChI is InChI=1S/C15H28N2O3/c1-5-12(4)17(9-14(18)19)15(20)16-13-7-6-10(2)11(3)8-13/h10-13H,5-9H2,1-4H3,(H,16,20)(H,18,19). The number of carbonyl (C=O) groups is 2. The average Bonchev–Trinajstić information content (AvgIpc) is 2.39. The molecule has 0 aromatic rings. The van der Waals surface area contributed by atoms with Crippen molar-refractivity contribution >= 4 is 12.0 Å². The first-order valence-electron chi connectivity index (χ1n) is 7.64. The van der Waals surface area contributed by atoms with E-state index in [2.05, 4.69) is 19.2 Å². The molecule has 1 aliphatic carbocycles. The van der Waals surface area contributed by atoms with Crippen LogP contribution in [0.4, 0.5) is 4.79 Å². The minimum absolute atomic E-state index is 0.0639. The summed E-state index contributed by atoms with van der Waals surface area (Å²) in [5, 5.41) is 12.0. The van der Waals surface area contributed by atoms with E-state index in [1.165, 1.54) is 4.90 Å². The Hall–Kier alpha value is -1.26. The molecule has 0 saturated heterocycles. The van der Waals surface area contributed by atoms with E-state index < -0.39 is 5.97 Å². The third kappa shape index (κ3) is 4.69. The van der Waals surface area contributed by atoms with Gasteiger partial charge in [-0.15, -0.1) is 0 Å². The third-order valence-electron chi connectivity index (χ3n) is 4.62. The molecule has 0 aromatic heterocycles. The van der Waals surface area contributed by atoms with Gasteiger partial charge in [-0.05, 0) is 44.4 Å². The van der Waals surface area contributed by atoms with Crippen LogP contribution in [0.5, 0.6) is 0 Å². The minimum atomic E-state index is -0.967. The second-order valence-electron chi connectivity index (χ2n) is 6.19. The summed E-state index contributed by atoms with van der Waals surface area (Å²) in [5.74, 6) is 0.337. The van der Waals surface area contributed by atoms with Gasteiger partial charge in [-0.2, -0.15) is 0 Å². The van der Waals surface area contributed by atoms with Crippen LogP contribution in [0.3, 0.4) is 0 Å². The summed E-state index contributed by atoms with van der Waals surface area (Å²) in [6, 6.07) is -0.131. The molecule has 0 spiro atoms. The third-order valence-corrected chi connectivity index (χ3v) is 4.62. The Kier molecular flexibility index (Phi) is 6.30. The molecular formula is C15H28N2O3. The molecule has 1 aliphatic rings. The molecule has 5 heteroatoms. The van der Waals surface area contributed by atoms with Gasteiger partial charge in [0, 0.05) is 12.1 Å². The molecule has 20 heavy (non-hydrogen) atoms. The summed E-state index contributed by atoms with van der Waals surface area (Å²) in [6.07, 6.45) is 3.83. The number of nitrogens with zero attached hydrogens (tertiary/aromatic N) is 1. The van der Waals surface area contributed by atoms with E-state index >= 15 is 0 Å². The molecule has 0 aliphatic heterocycles. The second-order valence-corrected chi connectivity index (χ2v) is 6.19. The van der Waals surface area contributed by atoms with Crippen molar-refractivity contribution in [3.63, 3.8) is 0 Å². The number of carboxylic acid groups (broad SMARTS) is 1. The molecule has 2 N–H and O–H groups in total. The molecule has 0 aromatic carbocycles. The first-order valence-corrected chi connectivity index (χ1v) is 7.64. The molecule has 1 fully saturated rings. The average molecular weight is 284 g/mol. The van der Waals surface area contributed by atoms with Gasteiger partial charge in [0.05, 0.1) is 0 Å². The van der Waals surface area contributed by atoms with Crippen molar-refractivity contribution in [2.45, 2.75) is 65.5 Å². The second kappa shape index (κ2) is 7.50. The van der Waals surface area contributed by atoms with Gasteiger partial charge in [-0.25, -0.2) is 4.79 Å². The molecule has 1 rings (SSSR count). The Morgan fingerprint density at radius 3 is 2.45 bits per heavy atom. The van der Waals surface area contributed by atoms with Crippen LogP contribution < -0.4 is 5.32 Å². The van der Waals surface area contributed by atoms with Gasteiger partial charge < -0.3 is 15.3 Å². The summed E-state index contributed by atoms with van der Waals surface area (Å²) < 4.78 is 0. The molecule has 116 valence electrons. The zero-order valence-corrected chi connectivity index (χ0v) is 13.1. The highest BCUT2D eigenvalue weighted by Gasteiger charge is 2.28. The molecule has 0 radical (unpaired) electrons. The predicted octanol–water partition coefficient (Wildman–Crippen LogP) is 2.71. The van der Waals surface area contributed by atoms with Crippen molar-refractivity contribution in [2.75, 3.05) is 6.54 Å². The Morgan fingerprint density at radius 2 is 1.95 bits per heavy atom. The number of carboxylic acids is 1. The van der Waals surface area contributed by atoms with Crippen LogP contribution in [0, 0.1) is 11.8 Å². The largest absolute Gasteiger partial charge is 0.480 e. The maximum absolute atomic E-state index is 12.3. The fourth-order valence-corrected chi connectivity index (χ4v) is 2.73. The maximum atomic E-state index is 12.3. The van der Waals surface area contributed by atoms with Gasteiger partial charge in [-0.3, -0.25) is 4.79 Å². The number of rotatable bonds is 5. The topological polar surface area (TPSA) is 69.6 Å². The molecule has 4 unspecified atom stereocenters. The molecular weight excluding hydrogens is 256 g/mol. The molecule has 1 saturated carbocycles. The normalized spacial score (nSPS) is 27.7. The number of hydrogen-bond donors (Lipinski definition) is 2. The van der Waals surface area contributed by atoms with Crippen molar-refractivity contribution in [1.29, 1.82) is 0 Å². The van der Waals surface area contributed by atoms with Crippen molar-refractivity contribution < 1.29 is 14.7 Å². The van der Waals surface area contributed by atoms with E-state index in [4.69, 9.17) is 5.11 Å². The van der Waals surface area contributed by atoms with Crippen LogP contribution in [0.15, 0.2) is 0 Å². The summed E-state index contributed by atoms with van der Waals surface area (Å²) in [4.78, 5) is 24.6. The van der Waals surface area contributed by atoms with E-state index in [1.807, 2.05) is 13.8 Å². The molecule has 0 heterocycles. The van der Waals surface area contributed by atoms with E-state index in [0.29, 0.717) is 11.8 Å². The van der Waals surface area contributed by atoms with Crippen LogP contribution in [-0.4, -0.2) is 40.6 Å². The van der Waals surface area contributed by atoms with Crippen LogP contribution >= 0.6 is 0 Å². The lowest BCUT2D eigenvalue weighted by Crippen LogP contribution is -2.51. The van der Waals surface area contributed by atoms with Gasteiger partial charge in [0.1, 0.15) is 6.54 Å². The highest BCUT2D eigenvalue weighted by Crippen LogP contribution is 2.29. The zero-order valence-electron chi connectivity index (χ0n) is 13.1. The van der Waals surface area contributed by atoms with Crippen LogP contribution in [0.2, 0.25) is 0 Å². The number of urea groups is 1. The molecule has 2 amide bonds. The Balaban J connectivity index is 2.59.